The van der Waals surface area contributed by atoms with E-state index < -0.39 is 26.6 Å². The van der Waals surface area contributed by atoms with Crippen LogP contribution < -0.4 is 0 Å². The first-order valence-corrected chi connectivity index (χ1v) is 10.2. The number of hydrogen-bond acceptors (Lipinski definition) is 4. The van der Waals surface area contributed by atoms with Gasteiger partial charge in [0.05, 0.1) is 21.9 Å². The van der Waals surface area contributed by atoms with Gasteiger partial charge < -0.3 is 0 Å². The van der Waals surface area contributed by atoms with Gasteiger partial charge in [0.25, 0.3) is 10.0 Å². The summed E-state index contributed by atoms with van der Waals surface area (Å²) >= 11 is 0. The smallest absolute Gasteiger partial charge is 0.268 e. The normalized spacial score (nSPS) is 17.8. The molecule has 1 aliphatic rings. The van der Waals surface area contributed by atoms with E-state index >= 15 is 0 Å². The average molecular weight is 359 g/mol. The Kier molecular flexibility index (Phi) is 3.43. The van der Waals surface area contributed by atoms with Crippen LogP contribution in [0.5, 0.6) is 0 Å². The van der Waals surface area contributed by atoms with Gasteiger partial charge in [-0.25, -0.2) is 12.4 Å². The van der Waals surface area contributed by atoms with Gasteiger partial charge in [0.15, 0.2) is 5.78 Å². The van der Waals surface area contributed by atoms with Crippen molar-refractivity contribution in [1.82, 2.24) is 3.97 Å². The van der Waals surface area contributed by atoms with Crippen LogP contribution in [0.3, 0.4) is 0 Å². The van der Waals surface area contributed by atoms with Crippen molar-refractivity contribution in [3.05, 3.63) is 65.9 Å². The Labute approximate surface area is 141 Å². The molecule has 0 amide bonds. The van der Waals surface area contributed by atoms with Crippen LogP contribution in [-0.4, -0.2) is 28.1 Å². The molecule has 4 rings (SSSR count). The lowest BCUT2D eigenvalue weighted by Gasteiger charge is -2.15. The number of aromatic nitrogens is 1. The van der Waals surface area contributed by atoms with Crippen molar-refractivity contribution in [2.24, 2.45) is 0 Å². The van der Waals surface area contributed by atoms with E-state index in [1.165, 1.54) is 12.1 Å². The average Bonchev–Trinajstić information content (AvgIpc) is 2.91. The molecular formula is C17H13NO4S2. The summed E-state index contributed by atoms with van der Waals surface area (Å²) in [4.78, 5) is 12.6. The predicted molar refractivity (Wildman–Crippen MR) is 92.0 cm³/mol. The van der Waals surface area contributed by atoms with Crippen molar-refractivity contribution in [1.29, 1.82) is 0 Å². The van der Waals surface area contributed by atoms with Crippen molar-refractivity contribution in [2.45, 2.75) is 10.6 Å². The van der Waals surface area contributed by atoms with Crippen LogP contribution in [0.15, 0.2) is 59.5 Å². The summed E-state index contributed by atoms with van der Waals surface area (Å²) in [6.45, 7) is 0. The maximum absolute atomic E-state index is 13.1. The molecule has 1 aromatic heterocycles. The Morgan fingerprint density at radius 3 is 2.33 bits per heavy atom. The van der Waals surface area contributed by atoms with E-state index in [4.69, 9.17) is 0 Å². The minimum absolute atomic E-state index is 0.119. The van der Waals surface area contributed by atoms with Gasteiger partial charge in [0.2, 0.25) is 0 Å². The van der Waals surface area contributed by atoms with Crippen molar-refractivity contribution in [3.63, 3.8) is 0 Å². The highest BCUT2D eigenvalue weighted by Crippen LogP contribution is 2.33. The lowest BCUT2D eigenvalue weighted by molar-refractivity contribution is 0.101. The first-order chi connectivity index (χ1) is 11.5. The maximum Gasteiger partial charge on any atom is 0.268 e. The van der Waals surface area contributed by atoms with Gasteiger partial charge in [-0.3, -0.25) is 9.00 Å². The molecule has 1 unspecified atom stereocenters. The standard InChI is InChI=1S/C17H13NO4S2/c19-16-11-23(20)10-14-13-8-4-5-9-15(13)18(17(14)16)24(21,22)12-6-2-1-3-7-12/h1-9H,10-11H2. The zero-order chi connectivity index (χ0) is 16.9. The van der Waals surface area contributed by atoms with Crippen molar-refractivity contribution >= 4 is 37.5 Å². The zero-order valence-corrected chi connectivity index (χ0v) is 14.1. The van der Waals surface area contributed by atoms with Crippen LogP contribution in [0.25, 0.3) is 10.9 Å². The highest BCUT2D eigenvalue weighted by atomic mass is 32.2. The molecule has 0 saturated heterocycles. The molecule has 122 valence electrons. The minimum atomic E-state index is -3.92. The van der Waals surface area contributed by atoms with Crippen molar-refractivity contribution in [2.75, 3.05) is 5.75 Å². The minimum Gasteiger partial charge on any atom is -0.291 e. The van der Waals surface area contributed by atoms with Crippen LogP contribution in [0, 0.1) is 0 Å². The fraction of sp³-hybridized carbons (Fsp3) is 0.118. The quantitative estimate of drug-likeness (QED) is 0.704. The molecule has 0 N–H and O–H groups in total. The fourth-order valence-corrected chi connectivity index (χ4v) is 5.81. The van der Waals surface area contributed by atoms with E-state index in [1.54, 1.807) is 42.5 Å². The van der Waals surface area contributed by atoms with E-state index in [0.717, 1.165) is 3.97 Å². The predicted octanol–water partition coefficient (Wildman–Crippen LogP) is 2.32. The number of carbonyl (C=O) groups is 1. The van der Waals surface area contributed by atoms with E-state index in [1.807, 2.05) is 0 Å². The van der Waals surface area contributed by atoms with E-state index in [0.29, 0.717) is 16.5 Å². The Balaban J connectivity index is 2.12. The second-order valence-electron chi connectivity index (χ2n) is 5.58. The summed E-state index contributed by atoms with van der Waals surface area (Å²) in [7, 11) is -5.22. The molecule has 7 heteroatoms. The van der Waals surface area contributed by atoms with Gasteiger partial charge in [-0.1, -0.05) is 36.4 Å². The summed E-state index contributed by atoms with van der Waals surface area (Å²) < 4.78 is 39.3. The molecule has 3 aromatic rings. The number of Topliss-reactive ketones (excluding diaryl/α,β-unsaturated/α-hetero) is 1. The number of fused-ring (bicyclic) bond motifs is 3. The van der Waals surface area contributed by atoms with Crippen LogP contribution in [-0.2, 0) is 26.6 Å². The van der Waals surface area contributed by atoms with Crippen molar-refractivity contribution in [3.8, 4) is 0 Å². The van der Waals surface area contributed by atoms with Crippen molar-refractivity contribution < 1.29 is 17.4 Å². The molecule has 1 atom stereocenters. The topological polar surface area (TPSA) is 73.2 Å². The second kappa shape index (κ2) is 5.39. The first-order valence-electron chi connectivity index (χ1n) is 7.31. The number of nitrogens with zero attached hydrogens (tertiary/aromatic N) is 1. The summed E-state index contributed by atoms with van der Waals surface area (Å²) in [5.74, 6) is -0.350. The number of rotatable bonds is 2. The monoisotopic (exact) mass is 359 g/mol. The van der Waals surface area contributed by atoms with Crippen LogP contribution in [0.1, 0.15) is 16.1 Å². The number of hydrogen-bond donors (Lipinski definition) is 0. The highest BCUT2D eigenvalue weighted by molar-refractivity contribution is 7.90. The molecule has 0 saturated carbocycles. The molecule has 0 aliphatic carbocycles. The SMILES string of the molecule is O=C1CS(=O)Cc2c1n(S(=O)(=O)c1ccccc1)c1ccccc21. The highest BCUT2D eigenvalue weighted by Gasteiger charge is 2.34. The first kappa shape index (κ1) is 15.3. The molecule has 2 aromatic carbocycles. The molecule has 0 spiro atoms. The van der Waals surface area contributed by atoms with Gasteiger partial charge >= 0.3 is 0 Å². The summed E-state index contributed by atoms with van der Waals surface area (Å²) in [5, 5.41) is 0.661. The van der Waals surface area contributed by atoms with Crippen LogP contribution >= 0.6 is 0 Å². The third-order valence-corrected chi connectivity index (χ3v) is 7.00. The molecule has 2 heterocycles. The zero-order valence-electron chi connectivity index (χ0n) is 12.5. The molecular weight excluding hydrogens is 346 g/mol. The number of benzene rings is 2. The van der Waals surface area contributed by atoms with Crippen LogP contribution in [0.4, 0.5) is 0 Å². The lowest BCUT2D eigenvalue weighted by Crippen LogP contribution is -2.26. The molecule has 0 radical (unpaired) electrons. The van der Waals surface area contributed by atoms with Gasteiger partial charge in [-0.15, -0.1) is 0 Å². The maximum atomic E-state index is 13.1. The largest absolute Gasteiger partial charge is 0.291 e. The van der Waals surface area contributed by atoms with Gasteiger partial charge in [0.1, 0.15) is 5.69 Å². The summed E-state index contributed by atoms with van der Waals surface area (Å²) in [6, 6.07) is 15.0. The number of carbonyl (C=O) groups excluding carboxylic acids is 1. The summed E-state index contributed by atoms with van der Waals surface area (Å²) in [5.41, 5.74) is 1.14. The molecule has 24 heavy (non-hydrogen) atoms. The van der Waals surface area contributed by atoms with Gasteiger partial charge in [-0.2, -0.15) is 0 Å². The third kappa shape index (κ3) is 2.16. The Morgan fingerprint density at radius 1 is 0.917 bits per heavy atom. The van der Waals surface area contributed by atoms with Crippen LogP contribution in [0.2, 0.25) is 0 Å². The summed E-state index contributed by atoms with van der Waals surface area (Å²) in [6.07, 6.45) is 0. The molecule has 0 fully saturated rings. The van der Waals surface area contributed by atoms with Gasteiger partial charge in [-0.05, 0) is 18.2 Å². The molecule has 0 bridgehead atoms. The van der Waals surface area contributed by atoms with E-state index in [9.17, 15) is 17.4 Å². The molecule has 5 nitrogen and oxygen atoms in total. The van der Waals surface area contributed by atoms with Gasteiger partial charge in [0, 0.05) is 21.7 Å². The Bertz CT molecular complexity index is 1100. The third-order valence-electron chi connectivity index (χ3n) is 4.08. The lowest BCUT2D eigenvalue weighted by atomic mass is 10.1. The number of para-hydroxylation sites is 1. The van der Waals surface area contributed by atoms with E-state index in [2.05, 4.69) is 0 Å². The molecule has 1 aliphatic heterocycles. The second-order valence-corrected chi connectivity index (χ2v) is 8.82. The Morgan fingerprint density at radius 2 is 1.58 bits per heavy atom. The van der Waals surface area contributed by atoms with E-state index in [-0.39, 0.29) is 22.1 Å². The fourth-order valence-electron chi connectivity index (χ4n) is 3.08. The number of ketones is 1. The Hall–Kier alpha value is -2.25.